The molecule has 6 rings (SSSR count). The molecule has 34 heavy (non-hydrogen) atoms. The molecule has 1 saturated carbocycles. The van der Waals surface area contributed by atoms with Crippen LogP contribution in [0.25, 0.3) is 0 Å². The number of aryl methyl sites for hydroxylation is 1. The molecule has 2 aliphatic carbocycles. The van der Waals surface area contributed by atoms with Crippen molar-refractivity contribution >= 4 is 45.7 Å². The number of nitrogens with zero attached hydrogens (tertiary/aromatic N) is 5. The minimum absolute atomic E-state index is 0.00796. The number of amides is 1. The number of hydrogen-bond donors (Lipinski definition) is 3. The molecule has 1 atom stereocenters. The van der Waals surface area contributed by atoms with Crippen molar-refractivity contribution < 1.29 is 9.59 Å². The minimum Gasteiger partial charge on any atom is -0.323 e. The zero-order valence-electron chi connectivity index (χ0n) is 18.7. The van der Waals surface area contributed by atoms with Crippen molar-refractivity contribution in [3.63, 3.8) is 0 Å². The number of anilines is 4. The van der Waals surface area contributed by atoms with Gasteiger partial charge in [-0.2, -0.15) is 10.1 Å². The molecule has 3 aromatic rings. The molecule has 0 spiro atoms. The van der Waals surface area contributed by atoms with E-state index in [-0.39, 0.29) is 24.7 Å². The maximum absolute atomic E-state index is 13.0. The maximum Gasteiger partial charge on any atom is 0.249 e. The van der Waals surface area contributed by atoms with Crippen LogP contribution in [0.3, 0.4) is 0 Å². The Morgan fingerprint density at radius 2 is 2.06 bits per heavy atom. The van der Waals surface area contributed by atoms with E-state index in [9.17, 15) is 9.59 Å². The minimum atomic E-state index is -0.664. The molecule has 10 nitrogen and oxygen atoms in total. The molecule has 3 N–H and O–H groups in total. The average Bonchev–Trinajstić information content (AvgIpc) is 3.64. The third kappa shape index (κ3) is 4.04. The Labute approximate surface area is 200 Å². The number of hydrogen-bond acceptors (Lipinski definition) is 9. The van der Waals surface area contributed by atoms with Gasteiger partial charge in [-0.3, -0.25) is 14.7 Å². The van der Waals surface area contributed by atoms with Crippen LogP contribution in [0.5, 0.6) is 0 Å². The second kappa shape index (κ2) is 8.79. The normalized spacial score (nSPS) is 20.2. The molecular weight excluding hydrogens is 452 g/mol. The summed E-state index contributed by atoms with van der Waals surface area (Å²) in [6.07, 6.45) is 9.43. The van der Waals surface area contributed by atoms with Crippen LogP contribution in [0, 0.1) is 0 Å². The molecule has 1 aliphatic heterocycles. The van der Waals surface area contributed by atoms with Crippen LogP contribution in [-0.4, -0.2) is 49.4 Å². The lowest BCUT2D eigenvalue weighted by Crippen LogP contribution is -2.40. The number of aromatic amines is 1. The predicted octanol–water partition coefficient (Wildman–Crippen LogP) is 3.33. The SMILES string of the molecule is O=C1C[C@H](C(=O)Nc2nccs2)N(c2nc3c(c(Nc4cc(C5CCCC5)[nH]n4)n2)CCC3)C1. The monoisotopic (exact) mass is 478 g/mol. The molecule has 176 valence electrons. The standard InChI is InChI=1S/C23H26N8O2S/c32-14-10-18(21(33)28-23-24-8-9-34-23)31(12-14)22-25-16-7-3-6-15(16)20(27-22)26-19-11-17(29-30-19)13-4-1-2-5-13/h8-9,11,13,18H,1-7,10,12H2,(H,24,28,33)(H2,25,26,27,29,30)/t18-/m1/s1. The van der Waals surface area contributed by atoms with Crippen LogP contribution in [0.2, 0.25) is 0 Å². The highest BCUT2D eigenvalue weighted by molar-refractivity contribution is 7.13. The number of rotatable bonds is 6. The predicted molar refractivity (Wildman–Crippen MR) is 129 cm³/mol. The molecule has 3 aromatic heterocycles. The molecule has 0 radical (unpaired) electrons. The van der Waals surface area contributed by atoms with Gasteiger partial charge >= 0.3 is 0 Å². The van der Waals surface area contributed by atoms with Gasteiger partial charge in [0, 0.05) is 41.2 Å². The van der Waals surface area contributed by atoms with Crippen molar-refractivity contribution in [1.82, 2.24) is 25.1 Å². The van der Waals surface area contributed by atoms with Gasteiger partial charge in [0.25, 0.3) is 0 Å². The van der Waals surface area contributed by atoms with Gasteiger partial charge < -0.3 is 15.5 Å². The fourth-order valence-electron chi connectivity index (χ4n) is 5.23. The number of aromatic nitrogens is 5. The maximum atomic E-state index is 13.0. The summed E-state index contributed by atoms with van der Waals surface area (Å²) in [5.41, 5.74) is 3.22. The van der Waals surface area contributed by atoms with E-state index in [1.54, 1.807) is 16.5 Å². The van der Waals surface area contributed by atoms with E-state index in [2.05, 4.69) is 31.9 Å². The first-order valence-electron chi connectivity index (χ1n) is 11.8. The highest BCUT2D eigenvalue weighted by atomic mass is 32.1. The Kier molecular flexibility index (Phi) is 5.48. The second-order valence-corrected chi connectivity index (χ2v) is 10.1. The summed E-state index contributed by atoms with van der Waals surface area (Å²) in [5.74, 6) is 2.11. The van der Waals surface area contributed by atoms with Crippen LogP contribution in [0.15, 0.2) is 17.6 Å². The topological polar surface area (TPSA) is 129 Å². The van der Waals surface area contributed by atoms with E-state index < -0.39 is 6.04 Å². The fourth-order valence-corrected chi connectivity index (χ4v) is 5.76. The van der Waals surface area contributed by atoms with E-state index in [1.165, 1.54) is 37.0 Å². The van der Waals surface area contributed by atoms with Crippen LogP contribution in [0.4, 0.5) is 22.7 Å². The summed E-state index contributed by atoms with van der Waals surface area (Å²) >= 11 is 1.34. The van der Waals surface area contributed by atoms with Crippen LogP contribution in [0.1, 0.15) is 61.4 Å². The van der Waals surface area contributed by atoms with Crippen molar-refractivity contribution in [3.8, 4) is 0 Å². The lowest BCUT2D eigenvalue weighted by atomic mass is 10.0. The molecular formula is C23H26N8O2S. The lowest BCUT2D eigenvalue weighted by molar-refractivity contribution is -0.120. The van der Waals surface area contributed by atoms with E-state index in [1.807, 2.05) is 0 Å². The molecule has 0 aromatic carbocycles. The van der Waals surface area contributed by atoms with Gasteiger partial charge in [-0.25, -0.2) is 9.97 Å². The number of ketones is 1. The lowest BCUT2D eigenvalue weighted by Gasteiger charge is -2.24. The Bertz CT molecular complexity index is 1220. The number of H-pyrrole nitrogens is 1. The van der Waals surface area contributed by atoms with E-state index in [0.29, 0.717) is 22.8 Å². The first-order valence-corrected chi connectivity index (χ1v) is 12.7. The number of nitrogens with one attached hydrogen (secondary N) is 3. The number of Topliss-reactive ketones (excluding diaryl/α,β-unsaturated/α-hetero) is 1. The average molecular weight is 479 g/mol. The molecule has 2 fully saturated rings. The van der Waals surface area contributed by atoms with Crippen molar-refractivity contribution in [1.29, 1.82) is 0 Å². The molecule has 1 saturated heterocycles. The summed E-state index contributed by atoms with van der Waals surface area (Å²) < 4.78 is 0. The number of carbonyl (C=O) groups is 2. The van der Waals surface area contributed by atoms with Crippen LogP contribution in [-0.2, 0) is 22.4 Å². The van der Waals surface area contributed by atoms with Crippen molar-refractivity contribution in [3.05, 3.63) is 34.6 Å². The summed E-state index contributed by atoms with van der Waals surface area (Å²) in [6, 6.07) is 1.41. The molecule has 11 heteroatoms. The highest BCUT2D eigenvalue weighted by Crippen LogP contribution is 2.35. The molecule has 0 unspecified atom stereocenters. The Morgan fingerprint density at radius 3 is 2.88 bits per heavy atom. The van der Waals surface area contributed by atoms with Crippen LogP contribution < -0.4 is 15.5 Å². The second-order valence-electron chi connectivity index (χ2n) is 9.18. The van der Waals surface area contributed by atoms with Gasteiger partial charge in [-0.15, -0.1) is 11.3 Å². The van der Waals surface area contributed by atoms with Gasteiger partial charge in [0.05, 0.1) is 12.2 Å². The third-order valence-corrected chi connectivity index (χ3v) is 7.61. The Balaban J connectivity index is 1.28. The van der Waals surface area contributed by atoms with Crippen LogP contribution >= 0.6 is 11.3 Å². The fraction of sp³-hybridized carbons (Fsp3) is 0.478. The Morgan fingerprint density at radius 1 is 1.18 bits per heavy atom. The van der Waals surface area contributed by atoms with Crippen molar-refractivity contribution in [2.24, 2.45) is 0 Å². The number of fused-ring (bicyclic) bond motifs is 1. The quantitative estimate of drug-likeness (QED) is 0.492. The number of carbonyl (C=O) groups excluding carboxylic acids is 2. The van der Waals surface area contributed by atoms with Gasteiger partial charge in [0.2, 0.25) is 11.9 Å². The zero-order valence-corrected chi connectivity index (χ0v) is 19.5. The highest BCUT2D eigenvalue weighted by Gasteiger charge is 2.38. The molecule has 4 heterocycles. The first-order chi connectivity index (χ1) is 16.6. The summed E-state index contributed by atoms with van der Waals surface area (Å²) in [4.78, 5) is 40.7. The molecule has 3 aliphatic rings. The van der Waals surface area contributed by atoms with Crippen molar-refractivity contribution in [2.75, 3.05) is 22.1 Å². The smallest absolute Gasteiger partial charge is 0.249 e. The van der Waals surface area contributed by atoms with Gasteiger partial charge in [0.15, 0.2) is 16.7 Å². The van der Waals surface area contributed by atoms with Crippen molar-refractivity contribution in [2.45, 2.75) is 63.3 Å². The van der Waals surface area contributed by atoms with Gasteiger partial charge in [0.1, 0.15) is 11.9 Å². The zero-order chi connectivity index (χ0) is 23.1. The first kappa shape index (κ1) is 21.2. The molecule has 1 amide bonds. The summed E-state index contributed by atoms with van der Waals surface area (Å²) in [5, 5.41) is 16.2. The Hall–Kier alpha value is -3.34. The molecule has 0 bridgehead atoms. The summed E-state index contributed by atoms with van der Waals surface area (Å²) in [6.45, 7) is 0.114. The van der Waals surface area contributed by atoms with Gasteiger partial charge in [-0.1, -0.05) is 12.8 Å². The van der Waals surface area contributed by atoms with E-state index in [4.69, 9.17) is 9.97 Å². The largest absolute Gasteiger partial charge is 0.323 e. The van der Waals surface area contributed by atoms with E-state index in [0.717, 1.165) is 42.0 Å². The van der Waals surface area contributed by atoms with E-state index >= 15 is 0 Å². The van der Waals surface area contributed by atoms with Gasteiger partial charge in [-0.05, 0) is 32.1 Å². The third-order valence-electron chi connectivity index (χ3n) is 6.93. The summed E-state index contributed by atoms with van der Waals surface area (Å²) in [7, 11) is 0. The number of thiazole rings is 1.